The Kier molecular flexibility index (Phi) is 8.07. The van der Waals surface area contributed by atoms with Gasteiger partial charge in [-0.15, -0.1) is 4.52 Å². The van der Waals surface area contributed by atoms with Gasteiger partial charge in [-0.25, -0.2) is 0 Å². The first-order valence-electron chi connectivity index (χ1n) is 3.85. The number of hydrogen-bond donors (Lipinski definition) is 2. The van der Waals surface area contributed by atoms with Crippen molar-refractivity contribution in [1.82, 2.24) is 5.09 Å². The van der Waals surface area contributed by atoms with Gasteiger partial charge in [0, 0.05) is 6.54 Å². The molecule has 66 valence electrons. The highest BCUT2D eigenvalue weighted by molar-refractivity contribution is 7.36. The van der Waals surface area contributed by atoms with Crippen molar-refractivity contribution >= 4 is 8.18 Å². The summed E-state index contributed by atoms with van der Waals surface area (Å²) in [5, 5.41) is 2.65. The van der Waals surface area contributed by atoms with Gasteiger partial charge in [-0.1, -0.05) is 18.4 Å². The molecule has 4 nitrogen and oxygen atoms in total. The van der Waals surface area contributed by atoms with Crippen LogP contribution in [0.1, 0.15) is 19.8 Å². The second-order valence-electron chi connectivity index (χ2n) is 2.14. The van der Waals surface area contributed by atoms with E-state index in [2.05, 4.69) is 12.0 Å². The van der Waals surface area contributed by atoms with Crippen molar-refractivity contribution in [2.45, 2.75) is 19.8 Å². The van der Waals surface area contributed by atoms with E-state index in [4.69, 9.17) is 10.3 Å². The lowest BCUT2D eigenvalue weighted by atomic mass is 10.4. The van der Waals surface area contributed by atoms with Gasteiger partial charge in [0.2, 0.25) is 0 Å². The van der Waals surface area contributed by atoms with E-state index < -0.39 is 8.18 Å². The van der Waals surface area contributed by atoms with Gasteiger partial charge in [-0.3, -0.25) is 0 Å². The summed E-state index contributed by atoms with van der Waals surface area (Å²) < 4.78 is 15.8. The maximum Gasteiger partial charge on any atom is 0.613 e. The van der Waals surface area contributed by atoms with Gasteiger partial charge in [0.25, 0.3) is 0 Å². The molecule has 0 saturated heterocycles. The zero-order valence-electron chi connectivity index (χ0n) is 6.88. The maximum atomic E-state index is 10.8. The van der Waals surface area contributed by atoms with Crippen LogP contribution in [0.3, 0.4) is 0 Å². The molecule has 1 atom stereocenters. The van der Waals surface area contributed by atoms with Crippen LogP contribution in [0, 0.1) is 0 Å². The van der Waals surface area contributed by atoms with Crippen molar-refractivity contribution < 1.29 is 9.09 Å². The van der Waals surface area contributed by atoms with Crippen LogP contribution in [0.5, 0.6) is 0 Å². The first kappa shape index (κ1) is 11.0. The molecule has 0 aromatic carbocycles. The average Bonchev–Trinajstić information content (AvgIpc) is 2.01. The molecule has 1 unspecified atom stereocenters. The standard InChI is InChI=1S/C6H16N2O2P/c1-2-3-6-10-11(9)8-5-4-7/h2-7H2,1H3,(H,8,9)/q+1. The maximum absolute atomic E-state index is 10.8. The van der Waals surface area contributed by atoms with Crippen LogP contribution in [0.2, 0.25) is 0 Å². The van der Waals surface area contributed by atoms with E-state index in [0.717, 1.165) is 12.8 Å². The molecule has 3 N–H and O–H groups in total. The molecule has 0 aromatic heterocycles. The number of nitrogens with one attached hydrogen (secondary N) is 1. The van der Waals surface area contributed by atoms with Crippen molar-refractivity contribution in [1.29, 1.82) is 0 Å². The second kappa shape index (κ2) is 8.08. The fraction of sp³-hybridized carbons (Fsp3) is 1.00. The van der Waals surface area contributed by atoms with E-state index >= 15 is 0 Å². The number of rotatable bonds is 7. The summed E-state index contributed by atoms with van der Waals surface area (Å²) >= 11 is 0. The van der Waals surface area contributed by atoms with Gasteiger partial charge in [-0.05, 0) is 11.0 Å². The summed E-state index contributed by atoms with van der Waals surface area (Å²) in [4.78, 5) is 0. The summed E-state index contributed by atoms with van der Waals surface area (Å²) in [6, 6.07) is 0. The minimum absolute atomic E-state index is 0.484. The molecule has 0 spiro atoms. The van der Waals surface area contributed by atoms with Crippen LogP contribution in [0.15, 0.2) is 0 Å². The number of nitrogens with two attached hydrogens (primary N) is 1. The van der Waals surface area contributed by atoms with E-state index in [1.54, 1.807) is 0 Å². The van der Waals surface area contributed by atoms with Crippen LogP contribution in [-0.4, -0.2) is 19.7 Å². The van der Waals surface area contributed by atoms with Gasteiger partial charge in [0.05, 0.1) is 6.54 Å². The zero-order valence-corrected chi connectivity index (χ0v) is 7.77. The molecule has 0 rings (SSSR count). The Morgan fingerprint density at radius 2 is 2.36 bits per heavy atom. The Hall–Kier alpha value is -0.0200. The largest absolute Gasteiger partial charge is 0.613 e. The molecule has 0 aliphatic heterocycles. The summed E-state index contributed by atoms with van der Waals surface area (Å²) in [5.41, 5.74) is 5.19. The Balaban J connectivity index is 3.09. The van der Waals surface area contributed by atoms with Crippen molar-refractivity contribution in [3.05, 3.63) is 0 Å². The highest BCUT2D eigenvalue weighted by atomic mass is 31.1. The van der Waals surface area contributed by atoms with Crippen LogP contribution in [0.4, 0.5) is 0 Å². The van der Waals surface area contributed by atoms with Crippen LogP contribution in [0.25, 0.3) is 0 Å². The zero-order chi connectivity index (χ0) is 8.53. The predicted molar refractivity (Wildman–Crippen MR) is 45.5 cm³/mol. The van der Waals surface area contributed by atoms with E-state index in [-0.39, 0.29) is 0 Å². The Labute approximate surface area is 68.4 Å². The topological polar surface area (TPSA) is 64.3 Å². The Bertz CT molecular complexity index is 111. The second-order valence-corrected chi connectivity index (χ2v) is 3.23. The summed E-state index contributed by atoms with van der Waals surface area (Å²) in [7, 11) is -1.68. The molecule has 0 aliphatic carbocycles. The number of unbranched alkanes of at least 4 members (excludes halogenated alkanes) is 1. The van der Waals surface area contributed by atoms with Crippen molar-refractivity contribution in [3.63, 3.8) is 0 Å². The van der Waals surface area contributed by atoms with E-state index in [0.29, 0.717) is 19.7 Å². The number of hydrogen-bond acceptors (Lipinski definition) is 3. The average molecular weight is 179 g/mol. The first-order chi connectivity index (χ1) is 5.31. The molecule has 0 fully saturated rings. The smallest absolute Gasteiger partial charge is 0.329 e. The third-order valence-corrected chi connectivity index (χ3v) is 1.99. The third kappa shape index (κ3) is 7.88. The quantitative estimate of drug-likeness (QED) is 0.452. The predicted octanol–water partition coefficient (Wildman–Crippen LogP) is 1.01. The minimum atomic E-state index is -1.68. The first-order valence-corrected chi connectivity index (χ1v) is 5.02. The summed E-state index contributed by atoms with van der Waals surface area (Å²) in [5.74, 6) is 0. The molecule has 0 heterocycles. The SMILES string of the molecule is CCCCO[P+](=O)NCCN. The third-order valence-electron chi connectivity index (χ3n) is 1.09. The molecule has 0 bridgehead atoms. The fourth-order valence-corrected chi connectivity index (χ4v) is 1.19. The normalized spacial score (nSPS) is 11.6. The molecular formula is C6H16N2O2P+. The lowest BCUT2D eigenvalue weighted by molar-refractivity contribution is 0.315. The molecule has 11 heavy (non-hydrogen) atoms. The van der Waals surface area contributed by atoms with Crippen molar-refractivity contribution in [3.8, 4) is 0 Å². The van der Waals surface area contributed by atoms with Gasteiger partial charge in [0.1, 0.15) is 6.61 Å². The van der Waals surface area contributed by atoms with Gasteiger partial charge >= 0.3 is 8.18 Å². The van der Waals surface area contributed by atoms with Crippen molar-refractivity contribution in [2.75, 3.05) is 19.7 Å². The molecular weight excluding hydrogens is 163 g/mol. The molecule has 0 aromatic rings. The minimum Gasteiger partial charge on any atom is -0.329 e. The molecule has 0 aliphatic rings. The highest BCUT2D eigenvalue weighted by Gasteiger charge is 2.14. The van der Waals surface area contributed by atoms with Crippen molar-refractivity contribution in [2.24, 2.45) is 5.73 Å². The molecule has 0 saturated carbocycles. The lowest BCUT2D eigenvalue weighted by Crippen LogP contribution is -2.16. The summed E-state index contributed by atoms with van der Waals surface area (Å²) in [6.07, 6.45) is 2.01. The highest BCUT2D eigenvalue weighted by Crippen LogP contribution is 2.15. The molecule has 0 radical (unpaired) electrons. The van der Waals surface area contributed by atoms with Crippen LogP contribution >= 0.6 is 8.18 Å². The van der Waals surface area contributed by atoms with Crippen LogP contribution < -0.4 is 10.8 Å². The van der Waals surface area contributed by atoms with Gasteiger partial charge < -0.3 is 5.73 Å². The van der Waals surface area contributed by atoms with Crippen LogP contribution in [-0.2, 0) is 9.09 Å². The van der Waals surface area contributed by atoms with Gasteiger partial charge in [0.15, 0.2) is 0 Å². The monoisotopic (exact) mass is 179 g/mol. The Morgan fingerprint density at radius 3 is 2.91 bits per heavy atom. The summed E-state index contributed by atoms with van der Waals surface area (Å²) in [6.45, 7) is 3.65. The van der Waals surface area contributed by atoms with E-state index in [9.17, 15) is 4.57 Å². The molecule has 5 heteroatoms. The van der Waals surface area contributed by atoms with Gasteiger partial charge in [-0.2, -0.15) is 0 Å². The molecule has 0 amide bonds. The fourth-order valence-electron chi connectivity index (χ4n) is 0.493. The Morgan fingerprint density at radius 1 is 1.64 bits per heavy atom. The van der Waals surface area contributed by atoms with E-state index in [1.807, 2.05) is 0 Å². The lowest BCUT2D eigenvalue weighted by Gasteiger charge is -1.89. The van der Waals surface area contributed by atoms with E-state index in [1.165, 1.54) is 0 Å².